The first kappa shape index (κ1) is 40.7. The molecule has 5 aromatic rings. The molecule has 318 valence electrons. The molecular weight excluding hydrogens is 842 g/mol. The number of rotatable bonds is 8. The monoisotopic (exact) mass is 879 g/mol. The van der Waals surface area contributed by atoms with Crippen LogP contribution < -0.4 is 19.4 Å². The number of nitrogens with zero attached hydrogens (tertiary/aromatic N) is 7. The highest BCUT2D eigenvalue weighted by Crippen LogP contribution is 2.65. The molecule has 2 aromatic heterocycles. The van der Waals surface area contributed by atoms with E-state index in [1.54, 1.807) is 32.2 Å². The van der Waals surface area contributed by atoms with Crippen LogP contribution >= 0.6 is 22.9 Å². The van der Waals surface area contributed by atoms with Crippen LogP contribution in [0.5, 0.6) is 11.5 Å². The number of aromatic nitrogens is 2. The van der Waals surface area contributed by atoms with Crippen LogP contribution in [0.4, 0.5) is 28.6 Å². The number of benzene rings is 3. The van der Waals surface area contributed by atoms with Gasteiger partial charge in [-0.2, -0.15) is 5.10 Å². The molecule has 0 spiro atoms. The SMILES string of the molecule is COc1cc(O)ccc1[C@H]1C2=CC[C@@H]3C(=O)N(c4cc([N+](=O)[O-])c(N(C)C)c([N+](=O)[O-])c4)C(=O)[C@@H]3[C@@H]2C[C@H]2C(=O)N(c3cc(-c4sc5ccc(Cl)cc5c4C)nn3C)C(=O)[C@@]12C. The molecule has 2 aliphatic carbocycles. The number of aryl methyl sites for hydroxylation is 2. The zero-order valence-corrected chi connectivity index (χ0v) is 35.7. The van der Waals surface area contributed by atoms with E-state index in [9.17, 15) is 34.9 Å². The summed E-state index contributed by atoms with van der Waals surface area (Å²) in [4.78, 5) is 86.3. The van der Waals surface area contributed by atoms with E-state index in [2.05, 4.69) is 0 Å². The average molecular weight is 880 g/mol. The number of hydrogen-bond acceptors (Lipinski definition) is 13. The van der Waals surface area contributed by atoms with E-state index in [4.69, 9.17) is 21.4 Å². The van der Waals surface area contributed by atoms with E-state index in [0.29, 0.717) is 21.9 Å². The van der Waals surface area contributed by atoms with Crippen molar-refractivity contribution in [3.63, 3.8) is 0 Å². The molecule has 9 rings (SSSR count). The second kappa shape index (κ2) is 14.2. The van der Waals surface area contributed by atoms with Gasteiger partial charge in [0.25, 0.3) is 0 Å². The van der Waals surface area contributed by atoms with Gasteiger partial charge in [-0.15, -0.1) is 11.3 Å². The largest absolute Gasteiger partial charge is 0.508 e. The summed E-state index contributed by atoms with van der Waals surface area (Å²) in [6.07, 6.45) is 1.83. The van der Waals surface area contributed by atoms with Gasteiger partial charge in [0, 0.05) is 66.6 Å². The van der Waals surface area contributed by atoms with Crippen LogP contribution in [0.15, 0.2) is 66.2 Å². The Morgan fingerprint density at radius 2 is 1.65 bits per heavy atom. The zero-order chi connectivity index (χ0) is 44.4. The zero-order valence-electron chi connectivity index (χ0n) is 34.1. The van der Waals surface area contributed by atoms with Gasteiger partial charge in [-0.05, 0) is 67.8 Å². The van der Waals surface area contributed by atoms with Gasteiger partial charge >= 0.3 is 11.4 Å². The predicted molar refractivity (Wildman–Crippen MR) is 230 cm³/mol. The van der Waals surface area contributed by atoms with Crippen LogP contribution in [-0.2, 0) is 26.2 Å². The van der Waals surface area contributed by atoms with E-state index in [-0.39, 0.29) is 41.5 Å². The number of carbonyl (C=O) groups is 4. The number of halogens is 1. The number of aromatic hydroxyl groups is 1. The van der Waals surface area contributed by atoms with Crippen molar-refractivity contribution in [1.29, 1.82) is 0 Å². The molecular formula is C43H38ClN7O10S. The van der Waals surface area contributed by atoms with Gasteiger partial charge in [-0.3, -0.25) is 44.1 Å². The molecule has 3 fully saturated rings. The third kappa shape index (κ3) is 5.68. The molecule has 1 saturated carbocycles. The van der Waals surface area contributed by atoms with Gasteiger partial charge < -0.3 is 14.7 Å². The topological polar surface area (TPSA) is 212 Å². The molecule has 0 unspecified atom stereocenters. The third-order valence-corrected chi connectivity index (χ3v) is 14.7. The lowest BCUT2D eigenvalue weighted by molar-refractivity contribution is -0.392. The Kier molecular flexibility index (Phi) is 9.33. The van der Waals surface area contributed by atoms with Crippen molar-refractivity contribution < 1.29 is 38.9 Å². The molecule has 4 amide bonds. The Morgan fingerprint density at radius 3 is 2.29 bits per heavy atom. The van der Waals surface area contributed by atoms with Crippen molar-refractivity contribution in [3.05, 3.63) is 103 Å². The Labute approximate surface area is 362 Å². The number of amides is 4. The van der Waals surface area contributed by atoms with Crippen LogP contribution in [0.3, 0.4) is 0 Å². The molecule has 0 radical (unpaired) electrons. The number of anilines is 3. The smallest absolute Gasteiger partial charge is 0.301 e. The Hall–Kier alpha value is -6.66. The number of carbonyl (C=O) groups excluding carboxylic acids is 4. The van der Waals surface area contributed by atoms with Gasteiger partial charge in [0.1, 0.15) is 23.0 Å². The summed E-state index contributed by atoms with van der Waals surface area (Å²) in [6, 6.07) is 13.7. The van der Waals surface area contributed by atoms with Crippen molar-refractivity contribution in [2.75, 3.05) is 35.9 Å². The number of phenols is 1. The van der Waals surface area contributed by atoms with Gasteiger partial charge in [-0.25, -0.2) is 9.80 Å². The first-order chi connectivity index (χ1) is 29.4. The molecule has 2 aliphatic heterocycles. The van der Waals surface area contributed by atoms with Gasteiger partial charge in [0.05, 0.1) is 50.7 Å². The quantitative estimate of drug-likeness (QED) is 0.0704. The summed E-state index contributed by atoms with van der Waals surface area (Å²) in [6.45, 7) is 3.67. The molecule has 0 bridgehead atoms. The maximum Gasteiger partial charge on any atom is 0.301 e. The lowest BCUT2D eigenvalue weighted by Crippen LogP contribution is -2.49. The van der Waals surface area contributed by atoms with Gasteiger partial charge in [0.2, 0.25) is 23.6 Å². The van der Waals surface area contributed by atoms with E-state index >= 15 is 9.59 Å². The number of imide groups is 2. The maximum atomic E-state index is 15.3. The van der Waals surface area contributed by atoms with Crippen LogP contribution in [0.1, 0.15) is 36.8 Å². The molecule has 17 nitrogen and oxygen atoms in total. The van der Waals surface area contributed by atoms with Crippen molar-refractivity contribution in [3.8, 4) is 22.1 Å². The van der Waals surface area contributed by atoms with Crippen molar-refractivity contribution in [2.45, 2.75) is 32.6 Å². The van der Waals surface area contributed by atoms with E-state index in [1.165, 1.54) is 54.3 Å². The number of allylic oxidation sites excluding steroid dienone is 2. The van der Waals surface area contributed by atoms with E-state index in [1.807, 2.05) is 25.1 Å². The summed E-state index contributed by atoms with van der Waals surface area (Å²) in [5, 5.41) is 41.3. The minimum atomic E-state index is -1.47. The average Bonchev–Trinajstić information content (AvgIpc) is 3.90. The summed E-state index contributed by atoms with van der Waals surface area (Å²) >= 11 is 7.82. The third-order valence-electron chi connectivity index (χ3n) is 13.2. The number of phenolic OH excluding ortho intramolecular Hbond substituents is 1. The molecule has 6 atom stereocenters. The number of nitro benzene ring substituents is 2. The molecule has 4 heterocycles. The van der Waals surface area contributed by atoms with Crippen molar-refractivity contribution >= 4 is 85.2 Å². The van der Waals surface area contributed by atoms with Crippen LogP contribution in [-0.4, -0.2) is 69.6 Å². The van der Waals surface area contributed by atoms with Gasteiger partial charge in [-0.1, -0.05) is 29.3 Å². The number of ether oxygens (including phenoxy) is 1. The fourth-order valence-corrected chi connectivity index (χ4v) is 11.8. The van der Waals surface area contributed by atoms with Crippen molar-refractivity contribution in [1.82, 2.24) is 9.78 Å². The Bertz CT molecular complexity index is 2870. The highest BCUT2D eigenvalue weighted by Gasteiger charge is 2.68. The summed E-state index contributed by atoms with van der Waals surface area (Å²) < 4.78 is 8.24. The molecule has 1 N–H and O–H groups in total. The fraction of sp³-hybridized carbons (Fsp3) is 0.326. The van der Waals surface area contributed by atoms with E-state index in [0.717, 1.165) is 42.5 Å². The summed E-state index contributed by atoms with van der Waals surface area (Å²) in [5.41, 5.74) is -0.861. The van der Waals surface area contributed by atoms with Crippen LogP contribution in [0.25, 0.3) is 20.7 Å². The minimum absolute atomic E-state index is 0.0188. The molecule has 4 aliphatic rings. The highest BCUT2D eigenvalue weighted by atomic mass is 35.5. The number of thiophene rings is 1. The first-order valence-corrected chi connectivity index (χ1v) is 20.8. The van der Waals surface area contributed by atoms with Crippen molar-refractivity contribution in [2.24, 2.45) is 36.1 Å². The van der Waals surface area contributed by atoms with Crippen LogP contribution in [0.2, 0.25) is 5.02 Å². The second-order valence-corrected chi connectivity index (χ2v) is 18.0. The minimum Gasteiger partial charge on any atom is -0.508 e. The number of hydrogen-bond donors (Lipinski definition) is 1. The number of methoxy groups -OCH3 is 1. The second-order valence-electron chi connectivity index (χ2n) is 16.5. The maximum absolute atomic E-state index is 15.3. The summed E-state index contributed by atoms with van der Waals surface area (Å²) in [5.74, 6) is -6.91. The fourth-order valence-electron chi connectivity index (χ4n) is 10.4. The summed E-state index contributed by atoms with van der Waals surface area (Å²) in [7, 11) is 5.88. The van der Waals surface area contributed by atoms with E-state index < -0.39 is 79.9 Å². The normalized spacial score (nSPS) is 24.3. The van der Waals surface area contributed by atoms with Gasteiger partial charge in [0.15, 0.2) is 5.69 Å². The lowest BCUT2D eigenvalue weighted by atomic mass is 9.51. The number of nitro groups is 2. The number of fused-ring (bicyclic) bond motifs is 5. The Balaban J connectivity index is 1.16. The highest BCUT2D eigenvalue weighted by molar-refractivity contribution is 7.22. The molecule has 19 heteroatoms. The molecule has 2 saturated heterocycles. The van der Waals surface area contributed by atoms with Crippen LogP contribution in [0, 0.1) is 56.2 Å². The Morgan fingerprint density at radius 1 is 0.952 bits per heavy atom. The standard InChI is InChI=1S/C43H38ClN7O10S/c1-19-26-13-20(44)7-12-33(26)62-38(19)29-18-34(47(5)45-29)49-40(54)28-17-27-23(36(43(28,2)42(49)56)24-9-8-22(52)16-32(24)61-6)10-11-25-35(27)41(55)48(39(25)53)21-14-30(50(57)58)37(46(3)4)31(15-21)51(59)60/h7-10,12-16,18,25,27-28,35-36,52H,11,17H2,1-6H3/t25-,27+,28-,35-,36+,43+/m0/s1. The first-order valence-electron chi connectivity index (χ1n) is 19.6. The molecule has 3 aromatic carbocycles. The lowest BCUT2D eigenvalue weighted by Gasteiger charge is -2.49. The molecule has 62 heavy (non-hydrogen) atoms. The predicted octanol–water partition coefficient (Wildman–Crippen LogP) is 7.30.